The number of ketones is 1. The number of benzene rings is 1. The van der Waals surface area contributed by atoms with E-state index in [1.165, 1.54) is 0 Å². The van der Waals surface area contributed by atoms with Crippen molar-refractivity contribution in [3.63, 3.8) is 0 Å². The van der Waals surface area contributed by atoms with Crippen LogP contribution in [0.2, 0.25) is 0 Å². The maximum absolute atomic E-state index is 13.0. The molecule has 12 atom stereocenters. The van der Waals surface area contributed by atoms with Crippen molar-refractivity contribution >= 4 is 15.6 Å². The molecule has 45 heavy (non-hydrogen) atoms. The van der Waals surface area contributed by atoms with Gasteiger partial charge in [0.1, 0.15) is 11.5 Å². The number of rotatable bonds is 9. The summed E-state index contributed by atoms with van der Waals surface area (Å²) in [6, 6.07) is 6.91. The van der Waals surface area contributed by atoms with Gasteiger partial charge in [-0.1, -0.05) is 73.4 Å². The molecule has 0 heterocycles. The van der Waals surface area contributed by atoms with Gasteiger partial charge in [-0.2, -0.15) is 0 Å². The van der Waals surface area contributed by atoms with Crippen LogP contribution in [0.3, 0.4) is 0 Å². The Morgan fingerprint density at radius 1 is 0.978 bits per heavy atom. The molecule has 1 aromatic rings. The van der Waals surface area contributed by atoms with E-state index in [1.54, 1.807) is 12.1 Å². The van der Waals surface area contributed by atoms with E-state index in [4.69, 9.17) is 0 Å². The van der Waals surface area contributed by atoms with Crippen LogP contribution in [-0.2, 0) is 20.0 Å². The van der Waals surface area contributed by atoms with E-state index in [0.29, 0.717) is 24.7 Å². The minimum absolute atomic E-state index is 0.0329. The highest BCUT2D eigenvalue weighted by Crippen LogP contribution is 2.69. The Kier molecular flexibility index (Phi) is 9.84. The standard InChI is InChI=1S/C38H60O6S/c1-8-28-31-20-25(39)18-19-37(31,6)32-21-33(41)38(7)29(16-17-30(38)34(32)35(28)42)23(2)10-9-11-26(40)22-45(43,44)27-14-12-24(13-15-27)36(3,4)5/h12-15,23,25,28-35,39,41-42H,8-11,16-22H2,1-7H3/t23-,25-,28-,29-,30+,31+,32+,33+,34+,35-,37+,38-/m1/s1. The molecule has 0 aliphatic heterocycles. The number of aliphatic hydroxyl groups is 3. The number of carbonyl (C=O) groups excluding carboxylic acids is 1. The molecule has 7 heteroatoms. The van der Waals surface area contributed by atoms with Crippen LogP contribution >= 0.6 is 0 Å². The van der Waals surface area contributed by atoms with E-state index >= 15 is 0 Å². The predicted octanol–water partition coefficient (Wildman–Crippen LogP) is 6.73. The molecule has 0 aromatic heterocycles. The fraction of sp³-hybridized carbons (Fsp3) is 0.816. The van der Waals surface area contributed by atoms with Crippen molar-refractivity contribution in [1.82, 2.24) is 0 Å². The normalized spacial score (nSPS) is 40.7. The lowest BCUT2D eigenvalue weighted by Gasteiger charge is -2.65. The summed E-state index contributed by atoms with van der Waals surface area (Å²) in [5.41, 5.74) is 0.726. The Balaban J connectivity index is 1.22. The Labute approximate surface area is 272 Å². The van der Waals surface area contributed by atoms with Gasteiger partial charge in [-0.3, -0.25) is 4.79 Å². The fourth-order valence-corrected chi connectivity index (χ4v) is 12.5. The third-order valence-corrected chi connectivity index (χ3v) is 15.5. The monoisotopic (exact) mass is 644 g/mol. The summed E-state index contributed by atoms with van der Waals surface area (Å²) in [6.45, 7) is 15.3. The van der Waals surface area contributed by atoms with E-state index in [0.717, 1.165) is 50.5 Å². The number of sulfone groups is 1. The highest BCUT2D eigenvalue weighted by Gasteiger charge is 2.67. The number of hydrogen-bond acceptors (Lipinski definition) is 6. The van der Waals surface area contributed by atoms with Gasteiger partial charge in [0, 0.05) is 6.42 Å². The first-order chi connectivity index (χ1) is 20.9. The zero-order chi connectivity index (χ0) is 33.1. The summed E-state index contributed by atoms with van der Waals surface area (Å²) in [4.78, 5) is 13.1. The molecule has 0 unspecified atom stereocenters. The predicted molar refractivity (Wildman–Crippen MR) is 178 cm³/mol. The third-order valence-electron chi connectivity index (χ3n) is 13.8. The minimum Gasteiger partial charge on any atom is -0.393 e. The van der Waals surface area contributed by atoms with Crippen molar-refractivity contribution in [3.8, 4) is 0 Å². The molecule has 0 amide bonds. The average Bonchev–Trinajstić information content (AvgIpc) is 3.32. The van der Waals surface area contributed by atoms with Gasteiger partial charge in [0.25, 0.3) is 0 Å². The van der Waals surface area contributed by atoms with Crippen LogP contribution < -0.4 is 0 Å². The molecule has 0 bridgehead atoms. The largest absolute Gasteiger partial charge is 0.393 e. The molecule has 0 saturated heterocycles. The minimum atomic E-state index is -3.68. The van der Waals surface area contributed by atoms with Gasteiger partial charge < -0.3 is 15.3 Å². The number of aliphatic hydroxyl groups excluding tert-OH is 3. The molecule has 4 aliphatic carbocycles. The van der Waals surface area contributed by atoms with E-state index in [1.807, 2.05) is 12.1 Å². The van der Waals surface area contributed by atoms with Gasteiger partial charge in [-0.05, 0) is 120 Å². The Bertz CT molecular complexity index is 1320. The van der Waals surface area contributed by atoms with Crippen molar-refractivity contribution in [2.45, 2.75) is 141 Å². The molecule has 3 N–H and O–H groups in total. The van der Waals surface area contributed by atoms with Crippen LogP contribution in [0.4, 0.5) is 0 Å². The highest BCUT2D eigenvalue weighted by molar-refractivity contribution is 7.92. The van der Waals surface area contributed by atoms with Crippen molar-refractivity contribution in [2.75, 3.05) is 5.75 Å². The van der Waals surface area contributed by atoms with Crippen LogP contribution in [-0.4, -0.2) is 53.6 Å². The molecular formula is C38H60O6S. The van der Waals surface area contributed by atoms with Gasteiger partial charge in [0.05, 0.1) is 23.2 Å². The van der Waals surface area contributed by atoms with Crippen LogP contribution in [0, 0.1) is 52.3 Å². The SMILES string of the molecule is CC[C@H]1[C@@H](O)[C@@H]2[C@H](C[C@H](O)[C@]3(C)[C@@H]([C@H](C)CCCC(=O)CS(=O)(=O)c4ccc(C(C)(C)C)cc4)CC[C@@H]23)[C@@]2(C)CC[C@@H](O)C[C@@H]12. The number of fused-ring (bicyclic) bond motifs is 5. The maximum Gasteiger partial charge on any atom is 0.185 e. The lowest BCUT2D eigenvalue weighted by Crippen LogP contribution is -2.65. The van der Waals surface area contributed by atoms with Gasteiger partial charge in [-0.25, -0.2) is 8.42 Å². The molecule has 0 spiro atoms. The highest BCUT2D eigenvalue weighted by atomic mass is 32.2. The average molecular weight is 645 g/mol. The van der Waals surface area contributed by atoms with E-state index in [9.17, 15) is 28.5 Å². The van der Waals surface area contributed by atoms with Crippen molar-refractivity contribution in [1.29, 1.82) is 0 Å². The van der Waals surface area contributed by atoms with E-state index in [2.05, 4.69) is 48.5 Å². The Hall–Kier alpha value is -1.28. The number of Topliss-reactive ketones (excluding diaryl/α,β-unsaturated/α-hetero) is 1. The summed E-state index contributed by atoms with van der Waals surface area (Å²) in [7, 11) is -3.68. The first kappa shape index (κ1) is 35.0. The smallest absolute Gasteiger partial charge is 0.185 e. The van der Waals surface area contributed by atoms with Gasteiger partial charge in [0.15, 0.2) is 9.84 Å². The molecular weight excluding hydrogens is 584 g/mol. The Morgan fingerprint density at radius 2 is 1.64 bits per heavy atom. The van der Waals surface area contributed by atoms with Crippen molar-refractivity contribution in [2.24, 2.45) is 52.3 Å². The molecule has 0 radical (unpaired) electrons. The molecule has 1 aromatic carbocycles. The molecule has 6 nitrogen and oxygen atoms in total. The number of carbonyl (C=O) groups is 1. The zero-order valence-electron chi connectivity index (χ0n) is 28.8. The summed E-state index contributed by atoms with van der Waals surface area (Å²) >= 11 is 0. The lowest BCUT2D eigenvalue weighted by molar-refractivity contribution is -0.228. The first-order valence-corrected chi connectivity index (χ1v) is 19.5. The van der Waals surface area contributed by atoms with E-state index in [-0.39, 0.29) is 69.0 Å². The number of hydrogen-bond donors (Lipinski definition) is 3. The first-order valence-electron chi connectivity index (χ1n) is 17.8. The maximum atomic E-state index is 13.0. The van der Waals surface area contributed by atoms with Crippen molar-refractivity contribution < 1.29 is 28.5 Å². The van der Waals surface area contributed by atoms with Crippen molar-refractivity contribution in [3.05, 3.63) is 29.8 Å². The molecule has 254 valence electrons. The van der Waals surface area contributed by atoms with Gasteiger partial charge >= 0.3 is 0 Å². The topological polar surface area (TPSA) is 112 Å². The second-order valence-corrected chi connectivity index (χ2v) is 19.1. The summed E-state index contributed by atoms with van der Waals surface area (Å²) in [5, 5.41) is 34.4. The second-order valence-electron chi connectivity index (χ2n) is 17.1. The van der Waals surface area contributed by atoms with E-state index < -0.39 is 27.8 Å². The second kappa shape index (κ2) is 12.6. The summed E-state index contributed by atoms with van der Waals surface area (Å²) in [5.74, 6) is 1.04. The third kappa shape index (κ3) is 6.22. The Morgan fingerprint density at radius 3 is 2.27 bits per heavy atom. The molecule has 4 saturated carbocycles. The molecule has 5 rings (SSSR count). The lowest BCUT2D eigenvalue weighted by atomic mass is 9.41. The van der Waals surface area contributed by atoms with Crippen LogP contribution in [0.15, 0.2) is 29.2 Å². The quantitative estimate of drug-likeness (QED) is 0.275. The molecule has 4 aliphatic rings. The molecule has 4 fully saturated rings. The van der Waals surface area contributed by atoms with Crippen LogP contribution in [0.25, 0.3) is 0 Å². The summed E-state index contributed by atoms with van der Waals surface area (Å²) < 4.78 is 26.0. The van der Waals surface area contributed by atoms with Crippen LogP contribution in [0.1, 0.15) is 118 Å². The summed E-state index contributed by atoms with van der Waals surface area (Å²) in [6.07, 6.45) is 6.74. The zero-order valence-corrected chi connectivity index (χ0v) is 29.7. The van der Waals surface area contributed by atoms with Gasteiger partial charge in [-0.15, -0.1) is 0 Å². The van der Waals surface area contributed by atoms with Crippen LogP contribution in [0.5, 0.6) is 0 Å². The van der Waals surface area contributed by atoms with Gasteiger partial charge in [0.2, 0.25) is 0 Å². The fourth-order valence-electron chi connectivity index (χ4n) is 11.2.